The number of anilines is 1. The lowest BCUT2D eigenvalue weighted by Gasteiger charge is -2.20. The van der Waals surface area contributed by atoms with Crippen LogP contribution < -0.4 is 11.1 Å². The van der Waals surface area contributed by atoms with E-state index in [9.17, 15) is 9.59 Å². The Labute approximate surface area is 138 Å². The van der Waals surface area contributed by atoms with Crippen LogP contribution in [-0.2, 0) is 4.74 Å². The van der Waals surface area contributed by atoms with E-state index in [0.29, 0.717) is 15.7 Å². The highest BCUT2D eigenvalue weighted by Gasteiger charge is 2.15. The van der Waals surface area contributed by atoms with Crippen LogP contribution in [0.5, 0.6) is 0 Å². The van der Waals surface area contributed by atoms with Crippen molar-refractivity contribution in [3.63, 3.8) is 0 Å². The van der Waals surface area contributed by atoms with E-state index in [1.165, 1.54) is 24.6 Å². The van der Waals surface area contributed by atoms with Gasteiger partial charge in [0.05, 0.1) is 0 Å². The first-order valence-corrected chi connectivity index (χ1v) is 7.54. The molecule has 6 nitrogen and oxygen atoms in total. The minimum atomic E-state index is -1.15. The van der Waals surface area contributed by atoms with Crippen LogP contribution in [0, 0.1) is 0 Å². The Morgan fingerprint density at radius 3 is 2.14 bits per heavy atom. The van der Waals surface area contributed by atoms with Gasteiger partial charge < -0.3 is 15.6 Å². The summed E-state index contributed by atoms with van der Waals surface area (Å²) < 4.78 is 4.83. The van der Waals surface area contributed by atoms with Crippen molar-refractivity contribution in [1.82, 2.24) is 0 Å². The van der Waals surface area contributed by atoms with Crippen LogP contribution in [0.1, 0.15) is 32.1 Å². The van der Waals surface area contributed by atoms with Gasteiger partial charge in [0.1, 0.15) is 6.10 Å². The lowest BCUT2D eigenvalue weighted by atomic mass is 9.98. The first-order chi connectivity index (χ1) is 10.4. The molecule has 0 heterocycles. The summed E-state index contributed by atoms with van der Waals surface area (Å²) in [7, 11) is 0. The second kappa shape index (κ2) is 9.38. The topological polar surface area (TPSA) is 102 Å². The van der Waals surface area contributed by atoms with Crippen molar-refractivity contribution in [3.8, 4) is 0 Å². The van der Waals surface area contributed by atoms with Crippen LogP contribution in [0.4, 0.5) is 15.3 Å². The van der Waals surface area contributed by atoms with Crippen molar-refractivity contribution in [2.24, 2.45) is 5.73 Å². The van der Waals surface area contributed by atoms with Gasteiger partial charge in [-0.1, -0.05) is 29.6 Å². The van der Waals surface area contributed by atoms with Crippen molar-refractivity contribution < 1.29 is 19.4 Å². The first-order valence-electron chi connectivity index (χ1n) is 6.79. The van der Waals surface area contributed by atoms with E-state index in [2.05, 4.69) is 5.32 Å². The van der Waals surface area contributed by atoms with Gasteiger partial charge in [0.25, 0.3) is 0 Å². The van der Waals surface area contributed by atoms with E-state index >= 15 is 0 Å². The SMILES string of the molecule is NC(=O)OC1CCCCC1.O=C(O)Nc1cc(Cl)cc(Cl)c1. The fraction of sp³-hybridized carbons (Fsp3) is 0.429. The molecule has 1 saturated carbocycles. The molecule has 0 radical (unpaired) electrons. The number of nitrogens with two attached hydrogens (primary N) is 1. The molecule has 1 fully saturated rings. The van der Waals surface area contributed by atoms with E-state index in [0.717, 1.165) is 25.7 Å². The summed E-state index contributed by atoms with van der Waals surface area (Å²) in [5.41, 5.74) is 5.22. The molecule has 0 bridgehead atoms. The van der Waals surface area contributed by atoms with Crippen LogP contribution in [0.2, 0.25) is 10.0 Å². The number of hydrogen-bond donors (Lipinski definition) is 3. The van der Waals surface area contributed by atoms with E-state index < -0.39 is 12.2 Å². The number of halogens is 2. The third kappa shape index (κ3) is 7.95. The largest absolute Gasteiger partial charge is 0.465 e. The highest BCUT2D eigenvalue weighted by molar-refractivity contribution is 6.35. The monoisotopic (exact) mass is 348 g/mol. The van der Waals surface area contributed by atoms with Gasteiger partial charge >= 0.3 is 12.2 Å². The Morgan fingerprint density at radius 1 is 1.14 bits per heavy atom. The van der Waals surface area contributed by atoms with Gasteiger partial charge in [-0.15, -0.1) is 0 Å². The van der Waals surface area contributed by atoms with Crippen molar-refractivity contribution >= 4 is 41.1 Å². The lowest BCUT2D eigenvalue weighted by molar-refractivity contribution is 0.0829. The Hall–Kier alpha value is -1.66. The molecule has 1 aromatic rings. The normalized spacial score (nSPS) is 14.5. The van der Waals surface area contributed by atoms with E-state index in [4.69, 9.17) is 38.8 Å². The average Bonchev–Trinajstić information content (AvgIpc) is 2.37. The number of carboxylic acid groups (broad SMARTS) is 1. The summed E-state index contributed by atoms with van der Waals surface area (Å²) in [4.78, 5) is 20.5. The van der Waals surface area contributed by atoms with Crippen LogP contribution in [0.25, 0.3) is 0 Å². The Bertz CT molecular complexity index is 499. The molecule has 8 heteroatoms. The molecular formula is C14H18Cl2N2O4. The second-order valence-electron chi connectivity index (χ2n) is 4.79. The maximum Gasteiger partial charge on any atom is 0.409 e. The third-order valence-electron chi connectivity index (χ3n) is 2.95. The molecule has 1 aliphatic carbocycles. The number of rotatable bonds is 2. The zero-order valence-corrected chi connectivity index (χ0v) is 13.4. The maximum absolute atomic E-state index is 10.3. The standard InChI is InChI=1S/C7H5Cl2NO2.C7H13NO2/c8-4-1-5(9)3-6(2-4)10-7(11)12;8-7(9)10-6-4-2-1-3-5-6/h1-3,10H,(H,11,12);6H,1-5H2,(H2,8,9). The Kier molecular flexibility index (Phi) is 7.84. The molecule has 1 aliphatic rings. The van der Waals surface area contributed by atoms with E-state index in [1.807, 2.05) is 0 Å². The maximum atomic E-state index is 10.3. The molecule has 2 amide bonds. The fourth-order valence-electron chi connectivity index (χ4n) is 2.10. The van der Waals surface area contributed by atoms with Gasteiger partial charge in [-0.05, 0) is 43.9 Å². The van der Waals surface area contributed by atoms with Gasteiger partial charge in [-0.2, -0.15) is 0 Å². The number of carbonyl (C=O) groups excluding carboxylic acids is 1. The number of benzene rings is 1. The minimum absolute atomic E-state index is 0.103. The molecule has 22 heavy (non-hydrogen) atoms. The summed E-state index contributed by atoms with van der Waals surface area (Å²) in [6.45, 7) is 0. The zero-order chi connectivity index (χ0) is 16.5. The zero-order valence-electron chi connectivity index (χ0n) is 11.9. The van der Waals surface area contributed by atoms with Gasteiger partial charge in [-0.25, -0.2) is 9.59 Å². The summed E-state index contributed by atoms with van der Waals surface area (Å²) in [5, 5.41) is 11.3. The molecule has 0 aliphatic heterocycles. The van der Waals surface area contributed by atoms with Crippen LogP contribution >= 0.6 is 23.2 Å². The van der Waals surface area contributed by atoms with E-state index in [-0.39, 0.29) is 6.10 Å². The number of primary amides is 1. The predicted octanol–water partition coefficient (Wildman–Crippen LogP) is 4.50. The highest BCUT2D eigenvalue weighted by atomic mass is 35.5. The smallest absolute Gasteiger partial charge is 0.409 e. The van der Waals surface area contributed by atoms with Crippen molar-refractivity contribution in [1.29, 1.82) is 0 Å². The molecule has 122 valence electrons. The molecule has 4 N–H and O–H groups in total. The molecule has 0 unspecified atom stereocenters. The third-order valence-corrected chi connectivity index (χ3v) is 3.39. The number of nitrogens with one attached hydrogen (secondary N) is 1. The fourth-order valence-corrected chi connectivity index (χ4v) is 2.62. The molecular weight excluding hydrogens is 331 g/mol. The Morgan fingerprint density at radius 2 is 1.68 bits per heavy atom. The second-order valence-corrected chi connectivity index (χ2v) is 5.66. The molecule has 0 spiro atoms. The van der Waals surface area contributed by atoms with Gasteiger partial charge in [-0.3, -0.25) is 5.32 Å². The van der Waals surface area contributed by atoms with Crippen molar-refractivity contribution in [3.05, 3.63) is 28.2 Å². The van der Waals surface area contributed by atoms with E-state index in [1.54, 1.807) is 0 Å². The van der Waals surface area contributed by atoms with Crippen molar-refractivity contribution in [2.75, 3.05) is 5.32 Å². The first kappa shape index (κ1) is 18.4. The van der Waals surface area contributed by atoms with Gasteiger partial charge in [0.15, 0.2) is 0 Å². The quantitative estimate of drug-likeness (QED) is 0.732. The predicted molar refractivity (Wildman–Crippen MR) is 85.7 cm³/mol. The van der Waals surface area contributed by atoms with Crippen LogP contribution in [0.15, 0.2) is 18.2 Å². The summed E-state index contributed by atoms with van der Waals surface area (Å²) >= 11 is 11.2. The number of amides is 2. The molecule has 0 aromatic heterocycles. The molecule has 2 rings (SSSR count). The van der Waals surface area contributed by atoms with Gasteiger partial charge in [0, 0.05) is 15.7 Å². The summed E-state index contributed by atoms with van der Waals surface area (Å²) in [6.07, 6.45) is 3.90. The molecule has 0 saturated heterocycles. The van der Waals surface area contributed by atoms with Crippen molar-refractivity contribution in [2.45, 2.75) is 38.2 Å². The van der Waals surface area contributed by atoms with Crippen LogP contribution in [-0.4, -0.2) is 23.4 Å². The number of carbonyl (C=O) groups is 2. The highest BCUT2D eigenvalue weighted by Crippen LogP contribution is 2.22. The average molecular weight is 349 g/mol. The molecule has 1 aromatic carbocycles. The summed E-state index contributed by atoms with van der Waals surface area (Å²) in [5.74, 6) is 0. The minimum Gasteiger partial charge on any atom is -0.465 e. The van der Waals surface area contributed by atoms with Gasteiger partial charge in [0.2, 0.25) is 0 Å². The van der Waals surface area contributed by atoms with Crippen LogP contribution in [0.3, 0.4) is 0 Å². The summed E-state index contributed by atoms with van der Waals surface area (Å²) in [6, 6.07) is 4.47. The number of hydrogen-bond acceptors (Lipinski definition) is 3. The lowest BCUT2D eigenvalue weighted by Crippen LogP contribution is -2.24. The Balaban J connectivity index is 0.000000224. The molecule has 0 atom stereocenters. The number of ether oxygens (including phenoxy) is 1.